The first-order chi connectivity index (χ1) is 8.69. The minimum atomic E-state index is -0.335. The second kappa shape index (κ2) is 5.93. The van der Waals surface area contributed by atoms with Crippen molar-refractivity contribution < 1.29 is 4.92 Å². The van der Waals surface area contributed by atoms with Crippen molar-refractivity contribution in [1.82, 2.24) is 9.80 Å². The van der Waals surface area contributed by atoms with Crippen molar-refractivity contribution in [2.24, 2.45) is 0 Å². The third-order valence-corrected chi connectivity index (χ3v) is 3.44. The van der Waals surface area contributed by atoms with Gasteiger partial charge in [-0.2, -0.15) is 0 Å². The van der Waals surface area contributed by atoms with Gasteiger partial charge in [0.15, 0.2) is 0 Å². The maximum Gasteiger partial charge on any atom is 0.269 e. The van der Waals surface area contributed by atoms with Gasteiger partial charge in [0.05, 0.1) is 4.92 Å². The number of benzene rings is 1. The number of nitrogens with zero attached hydrogens (tertiary/aromatic N) is 3. The summed E-state index contributed by atoms with van der Waals surface area (Å²) in [6.45, 7) is 8.34. The van der Waals surface area contributed by atoms with E-state index in [1.165, 1.54) is 0 Å². The third-order valence-electron chi connectivity index (χ3n) is 3.44. The predicted octanol–water partition coefficient (Wildman–Crippen LogP) is 1.73. The molecule has 0 N–H and O–H groups in total. The van der Waals surface area contributed by atoms with E-state index in [0.29, 0.717) is 0 Å². The SMILES string of the molecule is CCN1CCN(Cc2cccc([N+](=O)[O-])c2)CC1. The summed E-state index contributed by atoms with van der Waals surface area (Å²) in [5, 5.41) is 10.7. The van der Waals surface area contributed by atoms with Gasteiger partial charge < -0.3 is 4.90 Å². The number of hydrogen-bond acceptors (Lipinski definition) is 4. The molecule has 0 aromatic heterocycles. The molecule has 0 atom stereocenters. The standard InChI is InChI=1S/C13H19N3O2/c1-2-14-6-8-15(9-7-14)11-12-4-3-5-13(10-12)16(17)18/h3-5,10H,2,6-9,11H2,1H3. The van der Waals surface area contributed by atoms with Crippen LogP contribution in [-0.4, -0.2) is 47.4 Å². The smallest absolute Gasteiger partial charge is 0.269 e. The molecule has 5 nitrogen and oxygen atoms in total. The summed E-state index contributed by atoms with van der Waals surface area (Å²) >= 11 is 0. The van der Waals surface area contributed by atoms with Crippen LogP contribution in [-0.2, 0) is 6.54 Å². The van der Waals surface area contributed by atoms with Crippen LogP contribution in [0.5, 0.6) is 0 Å². The molecular formula is C13H19N3O2. The molecule has 0 radical (unpaired) electrons. The van der Waals surface area contributed by atoms with Gasteiger partial charge in [0.1, 0.15) is 0 Å². The van der Waals surface area contributed by atoms with Crippen LogP contribution >= 0.6 is 0 Å². The molecule has 1 heterocycles. The average Bonchev–Trinajstić information content (AvgIpc) is 2.40. The minimum absolute atomic E-state index is 0.180. The Kier molecular flexibility index (Phi) is 4.28. The van der Waals surface area contributed by atoms with Crippen molar-refractivity contribution in [3.63, 3.8) is 0 Å². The van der Waals surface area contributed by atoms with Gasteiger partial charge in [0.25, 0.3) is 5.69 Å². The fourth-order valence-corrected chi connectivity index (χ4v) is 2.29. The van der Waals surface area contributed by atoms with Crippen LogP contribution in [0.3, 0.4) is 0 Å². The van der Waals surface area contributed by atoms with Gasteiger partial charge in [-0.05, 0) is 12.1 Å². The second-order valence-corrected chi connectivity index (χ2v) is 4.64. The van der Waals surface area contributed by atoms with E-state index in [0.717, 1.165) is 44.8 Å². The minimum Gasteiger partial charge on any atom is -0.301 e. The lowest BCUT2D eigenvalue weighted by Crippen LogP contribution is -2.45. The summed E-state index contributed by atoms with van der Waals surface area (Å²) in [7, 11) is 0. The summed E-state index contributed by atoms with van der Waals surface area (Å²) < 4.78 is 0. The normalized spacial score (nSPS) is 17.8. The summed E-state index contributed by atoms with van der Waals surface area (Å²) in [6, 6.07) is 6.93. The number of piperazine rings is 1. The predicted molar refractivity (Wildman–Crippen MR) is 70.5 cm³/mol. The molecule has 1 aliphatic heterocycles. The van der Waals surface area contributed by atoms with Gasteiger partial charge in [-0.1, -0.05) is 19.1 Å². The molecule has 18 heavy (non-hydrogen) atoms. The average molecular weight is 249 g/mol. The first kappa shape index (κ1) is 13.0. The zero-order valence-electron chi connectivity index (χ0n) is 10.7. The summed E-state index contributed by atoms with van der Waals surface area (Å²) in [6.07, 6.45) is 0. The fraction of sp³-hybridized carbons (Fsp3) is 0.538. The maximum absolute atomic E-state index is 10.7. The van der Waals surface area contributed by atoms with E-state index in [2.05, 4.69) is 16.7 Å². The first-order valence-corrected chi connectivity index (χ1v) is 6.37. The van der Waals surface area contributed by atoms with Crippen molar-refractivity contribution in [2.45, 2.75) is 13.5 Å². The molecule has 98 valence electrons. The molecule has 0 spiro atoms. The van der Waals surface area contributed by atoms with E-state index < -0.39 is 0 Å². The van der Waals surface area contributed by atoms with Gasteiger partial charge in [0, 0.05) is 44.9 Å². The van der Waals surface area contributed by atoms with E-state index in [-0.39, 0.29) is 10.6 Å². The lowest BCUT2D eigenvalue weighted by molar-refractivity contribution is -0.384. The van der Waals surface area contributed by atoms with E-state index in [4.69, 9.17) is 0 Å². The van der Waals surface area contributed by atoms with Gasteiger partial charge in [-0.25, -0.2) is 0 Å². The number of non-ortho nitro benzene ring substituents is 1. The number of hydrogen-bond donors (Lipinski definition) is 0. The molecule has 1 aromatic carbocycles. The van der Waals surface area contributed by atoms with Gasteiger partial charge in [-0.3, -0.25) is 15.0 Å². The number of nitro groups is 1. The van der Waals surface area contributed by atoms with Crippen LogP contribution in [0.4, 0.5) is 5.69 Å². The maximum atomic E-state index is 10.7. The monoisotopic (exact) mass is 249 g/mol. The highest BCUT2D eigenvalue weighted by Crippen LogP contribution is 2.15. The highest BCUT2D eigenvalue weighted by atomic mass is 16.6. The molecular weight excluding hydrogens is 230 g/mol. The van der Waals surface area contributed by atoms with Crippen LogP contribution in [0.1, 0.15) is 12.5 Å². The summed E-state index contributed by atoms with van der Waals surface area (Å²) in [5.74, 6) is 0. The Labute approximate surface area is 107 Å². The quantitative estimate of drug-likeness (QED) is 0.602. The van der Waals surface area contributed by atoms with Crippen LogP contribution in [0.25, 0.3) is 0 Å². The highest BCUT2D eigenvalue weighted by molar-refractivity contribution is 5.34. The van der Waals surface area contributed by atoms with Crippen molar-refractivity contribution >= 4 is 5.69 Å². The zero-order valence-corrected chi connectivity index (χ0v) is 10.7. The topological polar surface area (TPSA) is 49.6 Å². The lowest BCUT2D eigenvalue weighted by atomic mass is 10.2. The molecule has 1 saturated heterocycles. The Balaban J connectivity index is 1.94. The van der Waals surface area contributed by atoms with Crippen LogP contribution < -0.4 is 0 Å². The van der Waals surface area contributed by atoms with Gasteiger partial charge in [0.2, 0.25) is 0 Å². The molecule has 1 fully saturated rings. The molecule has 0 aliphatic carbocycles. The Hall–Kier alpha value is -1.46. The Morgan fingerprint density at radius 2 is 1.89 bits per heavy atom. The second-order valence-electron chi connectivity index (χ2n) is 4.64. The largest absolute Gasteiger partial charge is 0.301 e. The molecule has 1 aliphatic rings. The lowest BCUT2D eigenvalue weighted by Gasteiger charge is -2.33. The Morgan fingerprint density at radius 3 is 2.50 bits per heavy atom. The molecule has 0 amide bonds. The van der Waals surface area contributed by atoms with Crippen molar-refractivity contribution in [3.8, 4) is 0 Å². The molecule has 1 aromatic rings. The van der Waals surface area contributed by atoms with E-state index >= 15 is 0 Å². The van der Waals surface area contributed by atoms with Crippen LogP contribution in [0.15, 0.2) is 24.3 Å². The summed E-state index contributed by atoms with van der Waals surface area (Å²) in [4.78, 5) is 15.2. The van der Waals surface area contributed by atoms with Gasteiger partial charge in [-0.15, -0.1) is 0 Å². The van der Waals surface area contributed by atoms with Crippen molar-refractivity contribution in [2.75, 3.05) is 32.7 Å². The highest BCUT2D eigenvalue weighted by Gasteiger charge is 2.16. The molecule has 0 unspecified atom stereocenters. The zero-order chi connectivity index (χ0) is 13.0. The Morgan fingerprint density at radius 1 is 1.22 bits per heavy atom. The first-order valence-electron chi connectivity index (χ1n) is 6.37. The van der Waals surface area contributed by atoms with E-state index in [9.17, 15) is 10.1 Å². The van der Waals surface area contributed by atoms with Crippen molar-refractivity contribution in [1.29, 1.82) is 0 Å². The molecule has 0 bridgehead atoms. The van der Waals surface area contributed by atoms with Gasteiger partial charge >= 0.3 is 0 Å². The molecule has 0 saturated carbocycles. The fourth-order valence-electron chi connectivity index (χ4n) is 2.29. The van der Waals surface area contributed by atoms with Crippen LogP contribution in [0, 0.1) is 10.1 Å². The molecule has 2 rings (SSSR count). The van der Waals surface area contributed by atoms with E-state index in [1.54, 1.807) is 18.2 Å². The van der Waals surface area contributed by atoms with Crippen LogP contribution in [0.2, 0.25) is 0 Å². The summed E-state index contributed by atoms with van der Waals surface area (Å²) in [5.41, 5.74) is 1.20. The third kappa shape index (κ3) is 3.27. The number of nitro benzene ring substituents is 1. The number of rotatable bonds is 4. The molecule has 5 heteroatoms. The Bertz CT molecular complexity index is 414. The van der Waals surface area contributed by atoms with Crippen molar-refractivity contribution in [3.05, 3.63) is 39.9 Å². The van der Waals surface area contributed by atoms with E-state index in [1.807, 2.05) is 6.07 Å². The number of likely N-dealkylation sites (N-methyl/N-ethyl adjacent to an activating group) is 1.